The minimum Gasteiger partial charge on any atom is -0.394 e. The molecule has 0 spiro atoms. The number of rotatable bonds is 10. The summed E-state index contributed by atoms with van der Waals surface area (Å²) in [6.45, 7) is 2.12. The van der Waals surface area contributed by atoms with Crippen LogP contribution in [0.15, 0.2) is 84.9 Å². The summed E-state index contributed by atoms with van der Waals surface area (Å²) in [6.07, 6.45) is 4.75. The Hall–Kier alpha value is -4.87. The van der Waals surface area contributed by atoms with Crippen molar-refractivity contribution in [3.8, 4) is 0 Å². The first-order valence-electron chi connectivity index (χ1n) is 14.5. The van der Waals surface area contributed by atoms with Crippen LogP contribution in [0, 0.1) is 16.0 Å². The Balaban J connectivity index is 1.38. The lowest BCUT2D eigenvalue weighted by Gasteiger charge is -2.28. The number of nitrogens with zero attached hydrogens (tertiary/aromatic N) is 3. The highest BCUT2D eigenvalue weighted by atomic mass is 16.6. The molecule has 3 aromatic rings. The molecule has 11 heteroatoms. The van der Waals surface area contributed by atoms with Crippen LogP contribution in [0.4, 0.5) is 17.1 Å². The summed E-state index contributed by atoms with van der Waals surface area (Å²) >= 11 is 0. The summed E-state index contributed by atoms with van der Waals surface area (Å²) in [5.41, 5.74) is -0.278. The van der Waals surface area contributed by atoms with Crippen molar-refractivity contribution in [2.45, 2.75) is 44.4 Å². The molecule has 2 aliphatic heterocycles. The van der Waals surface area contributed by atoms with E-state index in [1.54, 1.807) is 72.5 Å². The van der Waals surface area contributed by atoms with Crippen LogP contribution in [0.5, 0.6) is 0 Å². The summed E-state index contributed by atoms with van der Waals surface area (Å²) in [5, 5.41) is 35.9. The molecule has 44 heavy (non-hydrogen) atoms. The van der Waals surface area contributed by atoms with E-state index in [4.69, 9.17) is 0 Å². The number of amides is 3. The van der Waals surface area contributed by atoms with Crippen molar-refractivity contribution in [1.29, 1.82) is 0 Å². The highest BCUT2D eigenvalue weighted by Gasteiger charge is 2.53. The van der Waals surface area contributed by atoms with Gasteiger partial charge in [0.1, 0.15) is 0 Å². The minimum atomic E-state index is -2.12. The molecule has 1 fully saturated rings. The molecule has 3 aromatic carbocycles. The maximum atomic E-state index is 13.9. The Morgan fingerprint density at radius 1 is 1.14 bits per heavy atom. The number of hydrogen-bond acceptors (Lipinski definition) is 7. The Morgan fingerprint density at radius 3 is 2.64 bits per heavy atom. The first kappa shape index (κ1) is 30.6. The van der Waals surface area contributed by atoms with Gasteiger partial charge >= 0.3 is 0 Å². The van der Waals surface area contributed by atoms with Crippen molar-refractivity contribution in [3.63, 3.8) is 0 Å². The van der Waals surface area contributed by atoms with Crippen molar-refractivity contribution in [1.82, 2.24) is 4.90 Å². The molecule has 0 radical (unpaired) electrons. The molecule has 5 rings (SSSR count). The number of benzene rings is 3. The summed E-state index contributed by atoms with van der Waals surface area (Å²) in [7, 11) is 0. The van der Waals surface area contributed by atoms with Crippen LogP contribution >= 0.6 is 0 Å². The van der Waals surface area contributed by atoms with Crippen LogP contribution < -0.4 is 10.2 Å². The monoisotopic (exact) mass is 598 g/mol. The first-order chi connectivity index (χ1) is 21.1. The fraction of sp³-hybridized carbons (Fsp3) is 0.303. The van der Waals surface area contributed by atoms with E-state index in [9.17, 15) is 34.7 Å². The predicted octanol–water partition coefficient (Wildman–Crippen LogP) is 4.15. The molecule has 0 unspecified atom stereocenters. The number of anilines is 2. The highest BCUT2D eigenvalue weighted by molar-refractivity contribution is 6.07. The number of aliphatic hydroxyl groups is 2. The van der Waals surface area contributed by atoms with Crippen LogP contribution in [0.3, 0.4) is 0 Å². The maximum absolute atomic E-state index is 13.9. The molecule has 11 nitrogen and oxygen atoms in total. The van der Waals surface area contributed by atoms with Gasteiger partial charge in [-0.2, -0.15) is 0 Å². The van der Waals surface area contributed by atoms with Crippen molar-refractivity contribution in [2.24, 2.45) is 5.92 Å². The molecule has 0 saturated carbocycles. The van der Waals surface area contributed by atoms with Gasteiger partial charge in [-0.3, -0.25) is 24.5 Å². The zero-order chi connectivity index (χ0) is 31.4. The summed E-state index contributed by atoms with van der Waals surface area (Å²) in [4.78, 5) is 53.4. The second-order valence-corrected chi connectivity index (χ2v) is 11.1. The van der Waals surface area contributed by atoms with Gasteiger partial charge in [0.05, 0.1) is 29.8 Å². The molecule has 0 bridgehead atoms. The van der Waals surface area contributed by atoms with Crippen molar-refractivity contribution >= 4 is 34.8 Å². The van der Waals surface area contributed by atoms with Crippen molar-refractivity contribution in [3.05, 3.63) is 112 Å². The lowest BCUT2D eigenvalue weighted by Crippen LogP contribution is -2.44. The number of aliphatic hydroxyl groups excluding tert-OH is 1. The smallest absolute Gasteiger partial charge is 0.269 e. The largest absolute Gasteiger partial charge is 0.394 e. The Bertz CT molecular complexity index is 1610. The molecular formula is C33H34N4O7. The lowest BCUT2D eigenvalue weighted by molar-refractivity contribution is -0.385. The van der Waals surface area contributed by atoms with Gasteiger partial charge in [0.2, 0.25) is 5.91 Å². The molecule has 2 aliphatic rings. The fourth-order valence-electron chi connectivity index (χ4n) is 5.91. The van der Waals surface area contributed by atoms with E-state index in [0.29, 0.717) is 29.0 Å². The molecule has 2 heterocycles. The van der Waals surface area contributed by atoms with Crippen LogP contribution in [0.25, 0.3) is 0 Å². The van der Waals surface area contributed by atoms with Gasteiger partial charge in [0, 0.05) is 47.8 Å². The van der Waals surface area contributed by atoms with E-state index in [2.05, 4.69) is 5.32 Å². The molecule has 228 valence electrons. The van der Waals surface area contributed by atoms with E-state index < -0.39 is 22.3 Å². The number of carbonyl (C=O) groups is 3. The third-order valence-electron chi connectivity index (χ3n) is 8.31. The Labute approximate surface area is 254 Å². The molecule has 3 N–H and O–H groups in total. The zero-order valence-corrected chi connectivity index (χ0v) is 24.3. The van der Waals surface area contributed by atoms with E-state index >= 15 is 0 Å². The second kappa shape index (κ2) is 12.8. The highest BCUT2D eigenvalue weighted by Crippen LogP contribution is 2.47. The lowest BCUT2D eigenvalue weighted by atomic mass is 9.82. The number of non-ortho nitro benzene ring substituents is 1. The Kier molecular flexibility index (Phi) is 8.88. The molecule has 0 aromatic heterocycles. The van der Waals surface area contributed by atoms with Crippen molar-refractivity contribution in [2.75, 3.05) is 23.4 Å². The number of likely N-dealkylation sites (tertiary alicyclic amines) is 1. The average molecular weight is 599 g/mol. The second-order valence-electron chi connectivity index (χ2n) is 11.1. The fourth-order valence-corrected chi connectivity index (χ4v) is 5.91. The predicted molar refractivity (Wildman–Crippen MR) is 164 cm³/mol. The SMILES string of the molecule is C[C@@H](/C=C/CC(=O)N1CCC[C@H]1CO)[C@]1(O)C(=O)N(Cc2cccc(NC(=O)c3ccccc3)c2)c2ccc([N+](=O)[O-])cc21. The maximum Gasteiger partial charge on any atom is 0.269 e. The van der Waals surface area contributed by atoms with Gasteiger partial charge in [0.25, 0.3) is 17.5 Å². The summed E-state index contributed by atoms with van der Waals surface area (Å²) < 4.78 is 0. The van der Waals surface area contributed by atoms with Gasteiger partial charge in [-0.15, -0.1) is 0 Å². The van der Waals surface area contributed by atoms with Gasteiger partial charge in [0.15, 0.2) is 5.60 Å². The third-order valence-corrected chi connectivity index (χ3v) is 8.31. The van der Waals surface area contributed by atoms with Crippen LogP contribution in [0.1, 0.15) is 47.7 Å². The molecule has 0 aliphatic carbocycles. The van der Waals surface area contributed by atoms with Gasteiger partial charge < -0.3 is 25.3 Å². The molecule has 1 saturated heterocycles. The van der Waals surface area contributed by atoms with Gasteiger partial charge in [-0.05, 0) is 48.7 Å². The number of carbonyl (C=O) groups excluding carboxylic acids is 3. The Morgan fingerprint density at radius 2 is 1.91 bits per heavy atom. The normalized spacial score (nSPS) is 20.2. The van der Waals surface area contributed by atoms with Gasteiger partial charge in [-0.25, -0.2) is 0 Å². The number of nitrogens with one attached hydrogen (secondary N) is 1. The number of hydrogen-bond donors (Lipinski definition) is 3. The first-order valence-corrected chi connectivity index (χ1v) is 14.5. The number of nitro benzene ring substituents is 1. The third kappa shape index (κ3) is 5.97. The molecule has 3 atom stereocenters. The topological polar surface area (TPSA) is 153 Å². The number of nitro groups is 1. The number of fused-ring (bicyclic) bond motifs is 1. The standard InChI is InChI=1S/C33H34N4O7/c1-22(8-5-14-30(39)35-17-7-13-27(35)21-38)33(42)28-19-26(37(43)44)15-16-29(28)36(32(33)41)20-23-9-6-12-25(18-23)34-31(40)24-10-3-2-4-11-24/h2-6,8-12,15-16,18-19,22,27,38,42H,7,13-14,17,20-21H2,1H3,(H,34,40)/b8-5+/t22-,27-,33+/m0/s1. The van der Waals surface area contributed by atoms with Crippen LogP contribution in [-0.2, 0) is 21.7 Å². The van der Waals surface area contributed by atoms with E-state index in [-0.39, 0.29) is 48.7 Å². The minimum absolute atomic E-state index is 0.0259. The molecular weight excluding hydrogens is 564 g/mol. The van der Waals surface area contributed by atoms with E-state index in [1.165, 1.54) is 23.1 Å². The van der Waals surface area contributed by atoms with Crippen molar-refractivity contribution < 1.29 is 29.5 Å². The quantitative estimate of drug-likeness (QED) is 0.180. The average Bonchev–Trinajstić information content (AvgIpc) is 3.59. The van der Waals surface area contributed by atoms with E-state index in [1.807, 2.05) is 6.07 Å². The van der Waals surface area contributed by atoms with Crippen LogP contribution in [-0.4, -0.2) is 57.0 Å². The summed E-state index contributed by atoms with van der Waals surface area (Å²) in [5.74, 6) is -1.94. The van der Waals surface area contributed by atoms with Crippen LogP contribution in [0.2, 0.25) is 0 Å². The molecule has 3 amide bonds. The van der Waals surface area contributed by atoms with Gasteiger partial charge in [-0.1, -0.05) is 49.4 Å². The van der Waals surface area contributed by atoms with E-state index in [0.717, 1.165) is 12.8 Å². The summed E-state index contributed by atoms with van der Waals surface area (Å²) in [6, 6.07) is 19.5. The zero-order valence-electron chi connectivity index (χ0n) is 24.3.